The van der Waals surface area contributed by atoms with E-state index in [9.17, 15) is 13.2 Å². The van der Waals surface area contributed by atoms with Crippen molar-refractivity contribution in [2.75, 3.05) is 26.7 Å². The average molecular weight is 299 g/mol. The lowest BCUT2D eigenvalue weighted by Gasteiger charge is -2.07. The van der Waals surface area contributed by atoms with E-state index in [2.05, 4.69) is 15.4 Å². The van der Waals surface area contributed by atoms with Gasteiger partial charge < -0.3 is 10.6 Å². The monoisotopic (exact) mass is 299 g/mol. The van der Waals surface area contributed by atoms with Crippen molar-refractivity contribution in [1.29, 1.82) is 0 Å². The van der Waals surface area contributed by atoms with Crippen LogP contribution in [0.4, 0.5) is 0 Å². The van der Waals surface area contributed by atoms with E-state index in [1.807, 2.05) is 7.05 Å². The zero-order valence-electron chi connectivity index (χ0n) is 11.6. The van der Waals surface area contributed by atoms with Crippen LogP contribution in [0.5, 0.6) is 0 Å². The standard InChI is InChI=1S/C13H21N3O3S/c1-14-9-5-10-15-13(17)8-11-16-20(18,19)12-6-3-2-4-7-12/h2-4,6-7,14,16H,5,8-11H2,1H3,(H,15,17). The van der Waals surface area contributed by atoms with Crippen LogP contribution >= 0.6 is 0 Å². The van der Waals surface area contributed by atoms with Gasteiger partial charge in [-0.15, -0.1) is 0 Å². The van der Waals surface area contributed by atoms with Crippen LogP contribution in [0.3, 0.4) is 0 Å². The first-order chi connectivity index (χ1) is 9.56. The molecule has 112 valence electrons. The lowest BCUT2D eigenvalue weighted by Crippen LogP contribution is -2.31. The van der Waals surface area contributed by atoms with Crippen LogP contribution in [0, 0.1) is 0 Å². The Morgan fingerprint density at radius 1 is 1.10 bits per heavy atom. The highest BCUT2D eigenvalue weighted by Gasteiger charge is 2.13. The average Bonchev–Trinajstić information content (AvgIpc) is 2.44. The van der Waals surface area contributed by atoms with Crippen molar-refractivity contribution < 1.29 is 13.2 Å². The highest BCUT2D eigenvalue weighted by molar-refractivity contribution is 7.89. The highest BCUT2D eigenvalue weighted by Crippen LogP contribution is 2.06. The third kappa shape index (κ3) is 6.14. The van der Waals surface area contributed by atoms with E-state index in [0.29, 0.717) is 6.54 Å². The Labute approximate surface area is 120 Å². The summed E-state index contributed by atoms with van der Waals surface area (Å²) in [5.41, 5.74) is 0. The Morgan fingerprint density at radius 3 is 2.45 bits per heavy atom. The Hall–Kier alpha value is -1.44. The predicted molar refractivity (Wildman–Crippen MR) is 77.8 cm³/mol. The van der Waals surface area contributed by atoms with E-state index in [4.69, 9.17) is 0 Å². The van der Waals surface area contributed by atoms with Crippen molar-refractivity contribution in [2.24, 2.45) is 0 Å². The van der Waals surface area contributed by atoms with Crippen LogP contribution < -0.4 is 15.4 Å². The molecule has 0 bridgehead atoms. The molecule has 1 aromatic rings. The number of benzene rings is 1. The van der Waals surface area contributed by atoms with E-state index in [-0.39, 0.29) is 23.8 Å². The third-order valence-corrected chi connectivity index (χ3v) is 4.10. The number of rotatable bonds is 9. The molecule has 0 aromatic heterocycles. The second-order valence-electron chi connectivity index (χ2n) is 4.27. The number of carbonyl (C=O) groups excluding carboxylic acids is 1. The zero-order chi connectivity index (χ0) is 14.8. The molecule has 7 heteroatoms. The molecular weight excluding hydrogens is 278 g/mol. The predicted octanol–water partition coefficient (Wildman–Crippen LogP) is 0.0807. The van der Waals surface area contributed by atoms with Gasteiger partial charge >= 0.3 is 0 Å². The van der Waals surface area contributed by atoms with Gasteiger partial charge in [0.1, 0.15) is 0 Å². The molecule has 1 aromatic carbocycles. The molecule has 0 saturated carbocycles. The maximum absolute atomic E-state index is 11.9. The number of hydrogen-bond donors (Lipinski definition) is 3. The van der Waals surface area contributed by atoms with E-state index in [1.54, 1.807) is 18.2 Å². The van der Waals surface area contributed by atoms with E-state index >= 15 is 0 Å². The van der Waals surface area contributed by atoms with Gasteiger partial charge in [-0.05, 0) is 32.1 Å². The summed E-state index contributed by atoms with van der Waals surface area (Å²) in [6.07, 6.45) is 0.976. The molecule has 0 radical (unpaired) electrons. The van der Waals surface area contributed by atoms with E-state index in [1.165, 1.54) is 12.1 Å². The number of nitrogens with one attached hydrogen (secondary N) is 3. The van der Waals surface area contributed by atoms with Crippen molar-refractivity contribution in [1.82, 2.24) is 15.4 Å². The van der Waals surface area contributed by atoms with Gasteiger partial charge in [0.2, 0.25) is 15.9 Å². The van der Waals surface area contributed by atoms with Crippen molar-refractivity contribution in [3.63, 3.8) is 0 Å². The first-order valence-electron chi connectivity index (χ1n) is 6.52. The maximum Gasteiger partial charge on any atom is 0.240 e. The summed E-state index contributed by atoms with van der Waals surface area (Å²) in [6, 6.07) is 8.09. The largest absolute Gasteiger partial charge is 0.356 e. The molecule has 0 fully saturated rings. The van der Waals surface area contributed by atoms with Gasteiger partial charge in [0.05, 0.1) is 4.90 Å². The van der Waals surface area contributed by atoms with Gasteiger partial charge in [-0.1, -0.05) is 18.2 Å². The second kappa shape index (κ2) is 8.68. The van der Waals surface area contributed by atoms with Gasteiger partial charge in [-0.3, -0.25) is 4.79 Å². The third-order valence-electron chi connectivity index (χ3n) is 2.62. The fraction of sp³-hybridized carbons (Fsp3) is 0.462. The summed E-state index contributed by atoms with van der Waals surface area (Å²) in [4.78, 5) is 11.7. The van der Waals surface area contributed by atoms with Crippen LogP contribution in [0.2, 0.25) is 0 Å². The van der Waals surface area contributed by atoms with Crippen molar-refractivity contribution in [2.45, 2.75) is 17.7 Å². The number of carbonyl (C=O) groups is 1. The molecule has 1 rings (SSSR count). The molecule has 1 amide bonds. The lowest BCUT2D eigenvalue weighted by molar-refractivity contribution is -0.120. The molecule has 20 heavy (non-hydrogen) atoms. The van der Waals surface area contributed by atoms with E-state index in [0.717, 1.165) is 13.0 Å². The summed E-state index contributed by atoms with van der Waals surface area (Å²) in [5, 5.41) is 5.71. The first kappa shape index (κ1) is 16.6. The topological polar surface area (TPSA) is 87.3 Å². The Bertz CT molecular complexity index is 503. The minimum Gasteiger partial charge on any atom is -0.356 e. The first-order valence-corrected chi connectivity index (χ1v) is 8.00. The molecular formula is C13H21N3O3S. The second-order valence-corrected chi connectivity index (χ2v) is 6.03. The molecule has 0 aliphatic heterocycles. The van der Waals surface area contributed by atoms with Crippen LogP contribution in [-0.2, 0) is 14.8 Å². The molecule has 0 saturated heterocycles. The van der Waals surface area contributed by atoms with Gasteiger partial charge in [-0.2, -0.15) is 0 Å². The van der Waals surface area contributed by atoms with Crippen LogP contribution in [-0.4, -0.2) is 41.0 Å². The van der Waals surface area contributed by atoms with Crippen molar-refractivity contribution in [3.8, 4) is 0 Å². The minimum absolute atomic E-state index is 0.0923. The van der Waals surface area contributed by atoms with Gasteiger partial charge in [0.25, 0.3) is 0 Å². The van der Waals surface area contributed by atoms with Crippen LogP contribution in [0.15, 0.2) is 35.2 Å². The van der Waals surface area contributed by atoms with Crippen LogP contribution in [0.1, 0.15) is 12.8 Å². The quantitative estimate of drug-likeness (QED) is 0.564. The molecule has 0 aliphatic carbocycles. The molecule has 0 spiro atoms. The maximum atomic E-state index is 11.9. The highest BCUT2D eigenvalue weighted by atomic mass is 32.2. The summed E-state index contributed by atoms with van der Waals surface area (Å²) in [5.74, 6) is -0.156. The smallest absolute Gasteiger partial charge is 0.240 e. The molecule has 0 unspecified atom stereocenters. The SMILES string of the molecule is CNCCCNC(=O)CCNS(=O)(=O)c1ccccc1. The van der Waals surface area contributed by atoms with Gasteiger partial charge in [0.15, 0.2) is 0 Å². The minimum atomic E-state index is -3.53. The Morgan fingerprint density at radius 2 is 1.80 bits per heavy atom. The molecule has 0 aliphatic rings. The molecule has 3 N–H and O–H groups in total. The summed E-state index contributed by atoms with van der Waals surface area (Å²) in [6.45, 7) is 1.51. The number of sulfonamides is 1. The summed E-state index contributed by atoms with van der Waals surface area (Å²) in [7, 11) is -1.68. The van der Waals surface area contributed by atoms with Crippen molar-refractivity contribution >= 4 is 15.9 Å². The van der Waals surface area contributed by atoms with Gasteiger partial charge in [0, 0.05) is 19.5 Å². The zero-order valence-corrected chi connectivity index (χ0v) is 12.4. The normalized spacial score (nSPS) is 11.2. The Balaban J connectivity index is 2.28. The summed E-state index contributed by atoms with van der Waals surface area (Å²) >= 11 is 0. The number of amides is 1. The van der Waals surface area contributed by atoms with E-state index < -0.39 is 10.0 Å². The fourth-order valence-corrected chi connectivity index (χ4v) is 2.62. The van der Waals surface area contributed by atoms with Crippen molar-refractivity contribution in [3.05, 3.63) is 30.3 Å². The summed E-state index contributed by atoms with van der Waals surface area (Å²) < 4.78 is 26.1. The molecule has 0 heterocycles. The molecule has 6 nitrogen and oxygen atoms in total. The van der Waals surface area contributed by atoms with Gasteiger partial charge in [-0.25, -0.2) is 13.1 Å². The van der Waals surface area contributed by atoms with Crippen LogP contribution in [0.25, 0.3) is 0 Å². The lowest BCUT2D eigenvalue weighted by atomic mass is 10.3. The fourth-order valence-electron chi connectivity index (χ4n) is 1.56. The Kier molecular flexibility index (Phi) is 7.21. The number of hydrogen-bond acceptors (Lipinski definition) is 4. The molecule has 0 atom stereocenters.